The minimum Gasteiger partial charge on any atom is -0.478 e. The van der Waals surface area contributed by atoms with Gasteiger partial charge < -0.3 is 14.8 Å². The van der Waals surface area contributed by atoms with Crippen molar-refractivity contribution in [3.63, 3.8) is 0 Å². The van der Waals surface area contributed by atoms with Gasteiger partial charge in [0.05, 0.1) is 23.3 Å². The molecule has 8 nitrogen and oxygen atoms in total. The average Bonchev–Trinajstić information content (AvgIpc) is 3.20. The first-order chi connectivity index (χ1) is 12.9. The summed E-state index contributed by atoms with van der Waals surface area (Å²) >= 11 is 0. The summed E-state index contributed by atoms with van der Waals surface area (Å²) in [6, 6.07) is 9.03. The van der Waals surface area contributed by atoms with Crippen LogP contribution in [0.25, 0.3) is 0 Å². The number of carbonyl (C=O) groups is 2. The van der Waals surface area contributed by atoms with E-state index in [2.05, 4.69) is 5.32 Å². The van der Waals surface area contributed by atoms with Gasteiger partial charge in [0, 0.05) is 19.0 Å². The van der Waals surface area contributed by atoms with Crippen LogP contribution in [0, 0.1) is 5.92 Å². The topological polar surface area (TPSA) is 117 Å². The Hall–Kier alpha value is -2.65. The van der Waals surface area contributed by atoms with Crippen molar-refractivity contribution in [2.45, 2.75) is 24.3 Å². The first-order valence-corrected chi connectivity index (χ1v) is 9.96. The molecule has 1 aromatic heterocycles. The highest BCUT2D eigenvalue weighted by atomic mass is 32.2. The lowest BCUT2D eigenvalue weighted by Gasteiger charge is -2.30. The van der Waals surface area contributed by atoms with Crippen LogP contribution in [0.3, 0.4) is 0 Å². The second kappa shape index (κ2) is 7.93. The number of nitrogens with one attached hydrogen (secondary N) is 1. The Morgan fingerprint density at radius 2 is 1.85 bits per heavy atom. The van der Waals surface area contributed by atoms with Gasteiger partial charge in [0.1, 0.15) is 5.76 Å². The molecule has 1 amide bonds. The zero-order chi connectivity index (χ0) is 19.4. The van der Waals surface area contributed by atoms with Gasteiger partial charge in [-0.3, -0.25) is 4.79 Å². The lowest BCUT2D eigenvalue weighted by molar-refractivity contribution is -0.126. The smallest absolute Gasteiger partial charge is 0.337 e. The molecule has 9 heteroatoms. The molecule has 0 aliphatic carbocycles. The molecule has 2 N–H and O–H groups in total. The van der Waals surface area contributed by atoms with Crippen molar-refractivity contribution < 1.29 is 27.5 Å². The summed E-state index contributed by atoms with van der Waals surface area (Å²) in [4.78, 5) is 23.4. The van der Waals surface area contributed by atoms with Gasteiger partial charge in [-0.2, -0.15) is 4.31 Å². The van der Waals surface area contributed by atoms with E-state index in [1.165, 1.54) is 34.8 Å². The van der Waals surface area contributed by atoms with E-state index < -0.39 is 16.0 Å². The molecule has 1 aromatic carbocycles. The molecule has 0 unspecified atom stereocenters. The van der Waals surface area contributed by atoms with Gasteiger partial charge >= 0.3 is 5.97 Å². The van der Waals surface area contributed by atoms with Crippen molar-refractivity contribution >= 4 is 21.9 Å². The third-order valence-electron chi connectivity index (χ3n) is 4.58. The second-order valence-corrected chi connectivity index (χ2v) is 8.18. The quantitative estimate of drug-likeness (QED) is 0.773. The standard InChI is InChI=1S/C18H20N2O6S/c21-17(19-12-14-4-3-11-26-14)13-7-9-20(10-8-13)27(24,25)16-6-2-1-5-15(16)18(22)23/h1-6,11,13H,7-10,12H2,(H,19,21)(H,22,23). The minimum atomic E-state index is -3.93. The summed E-state index contributed by atoms with van der Waals surface area (Å²) in [6.07, 6.45) is 2.27. The van der Waals surface area contributed by atoms with Crippen LogP contribution < -0.4 is 5.32 Å². The van der Waals surface area contributed by atoms with Gasteiger partial charge in [-0.1, -0.05) is 12.1 Å². The van der Waals surface area contributed by atoms with Crippen molar-refractivity contribution in [3.8, 4) is 0 Å². The SMILES string of the molecule is O=C(O)c1ccccc1S(=O)(=O)N1CCC(C(=O)NCc2ccco2)CC1. The fraction of sp³-hybridized carbons (Fsp3) is 0.333. The summed E-state index contributed by atoms with van der Waals surface area (Å²) in [5, 5.41) is 12.0. The second-order valence-electron chi connectivity index (χ2n) is 6.28. The number of sulfonamides is 1. The van der Waals surface area contributed by atoms with Crippen LogP contribution in [-0.4, -0.2) is 42.8 Å². The Morgan fingerprint density at radius 3 is 2.48 bits per heavy atom. The van der Waals surface area contributed by atoms with Crippen molar-refractivity contribution in [2.24, 2.45) is 5.92 Å². The first-order valence-electron chi connectivity index (χ1n) is 8.52. The molecule has 1 saturated heterocycles. The van der Waals surface area contributed by atoms with E-state index in [1.807, 2.05) is 0 Å². The van der Waals surface area contributed by atoms with Crippen molar-refractivity contribution in [1.82, 2.24) is 9.62 Å². The predicted octanol–water partition coefficient (Wildman–Crippen LogP) is 1.69. The van der Waals surface area contributed by atoms with Crippen molar-refractivity contribution in [3.05, 3.63) is 54.0 Å². The number of hydrogen-bond donors (Lipinski definition) is 2. The molecule has 1 fully saturated rings. The number of nitrogens with zero attached hydrogens (tertiary/aromatic N) is 1. The number of carboxylic acids is 1. The molecule has 0 bridgehead atoms. The Kier molecular flexibility index (Phi) is 5.62. The third-order valence-corrected chi connectivity index (χ3v) is 6.53. The van der Waals surface area contributed by atoms with E-state index in [0.717, 1.165) is 0 Å². The fourth-order valence-corrected chi connectivity index (χ4v) is 4.75. The summed E-state index contributed by atoms with van der Waals surface area (Å²) in [5.41, 5.74) is -0.254. The van der Waals surface area contributed by atoms with E-state index in [-0.39, 0.29) is 41.9 Å². The molecule has 1 aliphatic rings. The number of benzene rings is 1. The van der Waals surface area contributed by atoms with Crippen LogP contribution in [0.2, 0.25) is 0 Å². The van der Waals surface area contributed by atoms with Gasteiger partial charge in [0.25, 0.3) is 0 Å². The van der Waals surface area contributed by atoms with Crippen LogP contribution in [0.5, 0.6) is 0 Å². The van der Waals surface area contributed by atoms with Crippen LogP contribution in [0.4, 0.5) is 0 Å². The Morgan fingerprint density at radius 1 is 1.15 bits per heavy atom. The largest absolute Gasteiger partial charge is 0.478 e. The minimum absolute atomic E-state index is 0.144. The number of furan rings is 1. The first kappa shape index (κ1) is 19.1. The van der Waals surface area contributed by atoms with Gasteiger partial charge in [-0.25, -0.2) is 13.2 Å². The lowest BCUT2D eigenvalue weighted by atomic mass is 9.97. The molecule has 0 spiro atoms. The summed E-state index contributed by atoms with van der Waals surface area (Å²) in [6.45, 7) is 0.612. The number of piperidine rings is 1. The van der Waals surface area contributed by atoms with Gasteiger partial charge in [0.2, 0.25) is 15.9 Å². The number of carboxylic acid groups (broad SMARTS) is 1. The number of carbonyl (C=O) groups excluding carboxylic acids is 1. The van der Waals surface area contributed by atoms with E-state index in [9.17, 15) is 23.1 Å². The maximum absolute atomic E-state index is 12.8. The average molecular weight is 392 g/mol. The van der Waals surface area contributed by atoms with Crippen LogP contribution >= 0.6 is 0 Å². The van der Waals surface area contributed by atoms with Crippen molar-refractivity contribution in [2.75, 3.05) is 13.1 Å². The normalized spacial score (nSPS) is 16.1. The summed E-state index contributed by atoms with van der Waals surface area (Å²) in [7, 11) is -3.93. The van der Waals surface area contributed by atoms with Crippen LogP contribution in [0.1, 0.15) is 29.0 Å². The number of amides is 1. The molecule has 2 heterocycles. The Labute approximate surface area is 156 Å². The maximum Gasteiger partial charge on any atom is 0.337 e. The Bertz CT molecular complexity index is 915. The van der Waals surface area contributed by atoms with E-state index in [0.29, 0.717) is 18.6 Å². The molecule has 0 radical (unpaired) electrons. The molecule has 144 valence electrons. The highest BCUT2D eigenvalue weighted by molar-refractivity contribution is 7.89. The molecule has 2 aromatic rings. The molecule has 0 saturated carbocycles. The number of aromatic carboxylic acids is 1. The van der Waals surface area contributed by atoms with E-state index >= 15 is 0 Å². The maximum atomic E-state index is 12.8. The van der Waals surface area contributed by atoms with Gasteiger partial charge in [0.15, 0.2) is 0 Å². The lowest BCUT2D eigenvalue weighted by Crippen LogP contribution is -2.43. The number of hydrogen-bond acceptors (Lipinski definition) is 5. The molecule has 3 rings (SSSR count). The molecule has 0 atom stereocenters. The summed E-state index contributed by atoms with van der Waals surface area (Å²) < 4.78 is 32.0. The van der Waals surface area contributed by atoms with Gasteiger partial charge in [-0.05, 0) is 37.1 Å². The molecular weight excluding hydrogens is 372 g/mol. The van der Waals surface area contributed by atoms with E-state index in [4.69, 9.17) is 4.42 Å². The molecular formula is C18H20N2O6S. The zero-order valence-electron chi connectivity index (χ0n) is 14.5. The van der Waals surface area contributed by atoms with Crippen molar-refractivity contribution in [1.29, 1.82) is 0 Å². The monoisotopic (exact) mass is 392 g/mol. The highest BCUT2D eigenvalue weighted by Crippen LogP contribution is 2.26. The molecule has 27 heavy (non-hydrogen) atoms. The van der Waals surface area contributed by atoms with E-state index in [1.54, 1.807) is 12.1 Å². The fourth-order valence-electron chi connectivity index (χ4n) is 3.10. The van der Waals surface area contributed by atoms with Crippen LogP contribution in [-0.2, 0) is 21.4 Å². The predicted molar refractivity (Wildman–Crippen MR) is 95.4 cm³/mol. The van der Waals surface area contributed by atoms with Crippen LogP contribution in [0.15, 0.2) is 52.0 Å². The molecule has 1 aliphatic heterocycles. The zero-order valence-corrected chi connectivity index (χ0v) is 15.3. The summed E-state index contributed by atoms with van der Waals surface area (Å²) in [5.74, 6) is -1.08. The Balaban J connectivity index is 1.63. The van der Waals surface area contributed by atoms with Gasteiger partial charge in [-0.15, -0.1) is 0 Å². The number of rotatable bonds is 6. The highest BCUT2D eigenvalue weighted by Gasteiger charge is 2.34. The third kappa shape index (κ3) is 4.20.